The molecule has 2 aliphatic heterocycles. The van der Waals surface area contributed by atoms with E-state index in [2.05, 4.69) is 77.4 Å². The van der Waals surface area contributed by atoms with Gasteiger partial charge in [-0.1, -0.05) is 60.7 Å². The summed E-state index contributed by atoms with van der Waals surface area (Å²) in [5.41, 5.74) is 2.74. The second kappa shape index (κ2) is 9.14. The Morgan fingerprint density at radius 3 is 1.93 bits per heavy atom. The van der Waals surface area contributed by atoms with Crippen LogP contribution < -0.4 is 0 Å². The van der Waals surface area contributed by atoms with Crippen molar-refractivity contribution in [1.82, 2.24) is 14.7 Å². The number of likely N-dealkylation sites (tertiary alicyclic amines) is 1. The molecule has 0 aliphatic carbocycles. The van der Waals surface area contributed by atoms with E-state index in [0.717, 1.165) is 45.6 Å². The van der Waals surface area contributed by atoms with Gasteiger partial charge in [0.1, 0.15) is 0 Å². The fourth-order valence-electron chi connectivity index (χ4n) is 5.11. The highest BCUT2D eigenvalue weighted by Crippen LogP contribution is 2.32. The monoisotopic (exact) mass is 389 g/mol. The van der Waals surface area contributed by atoms with Gasteiger partial charge in [-0.15, -0.1) is 0 Å². The van der Waals surface area contributed by atoms with Crippen LogP contribution in [-0.2, 0) is 0 Å². The Labute approximate surface area is 175 Å². The molecular weight excluding hydrogens is 357 g/mol. The molecule has 0 saturated carbocycles. The Morgan fingerprint density at radius 1 is 0.897 bits per heavy atom. The fraction of sp³-hybridized carbons (Fsp3) is 0.458. The third kappa shape index (κ3) is 4.57. The number of rotatable bonds is 4. The van der Waals surface area contributed by atoms with E-state index in [1.54, 1.807) is 7.85 Å². The van der Waals surface area contributed by atoms with Crippen LogP contribution in [-0.4, -0.2) is 73.2 Å². The second-order valence-corrected chi connectivity index (χ2v) is 8.54. The van der Waals surface area contributed by atoms with Gasteiger partial charge in [-0.25, -0.2) is 0 Å². The number of piperazine rings is 1. The van der Waals surface area contributed by atoms with Crippen molar-refractivity contribution in [2.45, 2.75) is 37.9 Å². The van der Waals surface area contributed by atoms with Crippen LogP contribution in [0.15, 0.2) is 60.7 Å². The maximum Gasteiger partial charge on any atom is 0.215 e. The molecule has 2 saturated heterocycles. The average molecular weight is 389 g/mol. The molecule has 0 N–H and O–H groups in total. The first-order valence-corrected chi connectivity index (χ1v) is 11.0. The number of hydrogen-bond acceptors (Lipinski definition) is 3. The molecule has 2 aromatic carbocycles. The van der Waals surface area contributed by atoms with Crippen LogP contribution in [0.3, 0.4) is 0 Å². The van der Waals surface area contributed by atoms with Gasteiger partial charge in [-0.3, -0.25) is 14.6 Å². The SMILES string of the molecule is BC(=O)N1CCC(N2CCN(C(c3ccccc3)c3ccccc3)[C@@H](C)C2)CC1. The van der Waals surface area contributed by atoms with Crippen molar-refractivity contribution in [3.8, 4) is 0 Å². The van der Waals surface area contributed by atoms with Crippen LogP contribution in [0.1, 0.15) is 36.9 Å². The minimum Gasteiger partial charge on any atom is -0.352 e. The maximum absolute atomic E-state index is 11.6. The molecule has 0 unspecified atom stereocenters. The van der Waals surface area contributed by atoms with Crippen molar-refractivity contribution in [3.05, 3.63) is 71.8 Å². The zero-order chi connectivity index (χ0) is 20.2. The number of amides is 1. The molecule has 5 heteroatoms. The van der Waals surface area contributed by atoms with E-state index in [4.69, 9.17) is 0 Å². The van der Waals surface area contributed by atoms with Crippen LogP contribution in [0.5, 0.6) is 0 Å². The Morgan fingerprint density at radius 2 is 1.45 bits per heavy atom. The number of nitrogens with zero attached hydrogens (tertiary/aromatic N) is 3. The van der Waals surface area contributed by atoms with Gasteiger partial charge in [0.25, 0.3) is 0 Å². The van der Waals surface area contributed by atoms with E-state index in [9.17, 15) is 4.79 Å². The highest BCUT2D eigenvalue weighted by Gasteiger charge is 2.34. The molecule has 152 valence electrons. The largest absolute Gasteiger partial charge is 0.352 e. The summed E-state index contributed by atoms with van der Waals surface area (Å²) in [6.07, 6.45) is 2.21. The number of hydrogen-bond donors (Lipinski definition) is 0. The molecule has 1 amide bonds. The van der Waals surface area contributed by atoms with Gasteiger partial charge in [0.2, 0.25) is 7.85 Å². The normalized spacial score (nSPS) is 22.1. The molecule has 4 rings (SSSR count). The van der Waals surface area contributed by atoms with Gasteiger partial charge in [0, 0.05) is 44.8 Å². The maximum atomic E-state index is 11.6. The van der Waals surface area contributed by atoms with Crippen molar-refractivity contribution in [1.29, 1.82) is 0 Å². The van der Waals surface area contributed by atoms with Crippen LogP contribution in [0.2, 0.25) is 0 Å². The topological polar surface area (TPSA) is 26.8 Å². The molecule has 2 aliphatic rings. The molecule has 2 heterocycles. The second-order valence-electron chi connectivity index (χ2n) is 8.54. The summed E-state index contributed by atoms with van der Waals surface area (Å²) in [7, 11) is 1.69. The smallest absolute Gasteiger partial charge is 0.215 e. The lowest BCUT2D eigenvalue weighted by Gasteiger charge is -2.48. The van der Waals surface area contributed by atoms with E-state index in [0.29, 0.717) is 18.1 Å². The summed E-state index contributed by atoms with van der Waals surface area (Å²) in [6, 6.07) is 23.2. The molecule has 0 bridgehead atoms. The van der Waals surface area contributed by atoms with Gasteiger partial charge in [0.05, 0.1) is 6.04 Å². The third-order valence-corrected chi connectivity index (χ3v) is 6.70. The molecule has 4 nitrogen and oxygen atoms in total. The zero-order valence-electron chi connectivity index (χ0n) is 17.7. The van der Waals surface area contributed by atoms with Crippen molar-refractivity contribution in [2.75, 3.05) is 32.7 Å². The van der Waals surface area contributed by atoms with Crippen molar-refractivity contribution in [3.63, 3.8) is 0 Å². The lowest BCUT2D eigenvalue weighted by Crippen LogP contribution is -2.57. The van der Waals surface area contributed by atoms with Crippen LogP contribution in [0, 0.1) is 0 Å². The van der Waals surface area contributed by atoms with Crippen molar-refractivity contribution < 1.29 is 4.79 Å². The lowest BCUT2D eigenvalue weighted by molar-refractivity contribution is 0.0220. The molecule has 0 radical (unpaired) electrons. The number of benzene rings is 2. The standard InChI is InChI=1S/C24H32BN3O/c1-19-18-27(22-12-14-26(15-13-22)24(25)29)16-17-28(19)23(20-8-4-2-5-9-20)21-10-6-3-7-11-21/h2-11,19,22-23H,12-18,25H2,1H3/t19-/m0/s1. The van der Waals surface area contributed by atoms with E-state index >= 15 is 0 Å². The molecule has 0 aromatic heterocycles. The zero-order valence-corrected chi connectivity index (χ0v) is 17.7. The van der Waals surface area contributed by atoms with Crippen molar-refractivity contribution >= 4 is 13.7 Å². The minimum absolute atomic E-state index is 0.218. The average Bonchev–Trinajstić information content (AvgIpc) is 2.77. The summed E-state index contributed by atoms with van der Waals surface area (Å²) < 4.78 is 0. The Bertz CT molecular complexity index is 753. The van der Waals surface area contributed by atoms with Crippen LogP contribution in [0.4, 0.5) is 4.79 Å². The minimum atomic E-state index is 0.218. The highest BCUT2D eigenvalue weighted by molar-refractivity contribution is 6.56. The number of carbonyl (C=O) groups is 1. The quantitative estimate of drug-likeness (QED) is 0.753. The Hall–Kier alpha value is -2.11. The van der Waals surface area contributed by atoms with Gasteiger partial charge in [-0.05, 0) is 30.9 Å². The first-order valence-electron chi connectivity index (χ1n) is 11.0. The molecule has 2 aromatic rings. The Balaban J connectivity index is 1.47. The summed E-state index contributed by atoms with van der Waals surface area (Å²) in [5, 5.41) is 0. The predicted molar refractivity (Wildman–Crippen MR) is 121 cm³/mol. The van der Waals surface area contributed by atoms with Gasteiger partial charge in [0.15, 0.2) is 5.81 Å². The molecule has 1 atom stereocenters. The van der Waals surface area contributed by atoms with Crippen LogP contribution >= 0.6 is 0 Å². The lowest BCUT2D eigenvalue weighted by atomic mass is 9.93. The van der Waals surface area contributed by atoms with E-state index in [1.807, 2.05) is 4.90 Å². The van der Waals surface area contributed by atoms with E-state index in [-0.39, 0.29) is 5.81 Å². The first kappa shape index (κ1) is 20.2. The number of carbonyl (C=O) groups excluding carboxylic acids is 1. The summed E-state index contributed by atoms with van der Waals surface area (Å²) in [4.78, 5) is 19.0. The predicted octanol–water partition coefficient (Wildman–Crippen LogP) is 3.00. The fourth-order valence-corrected chi connectivity index (χ4v) is 5.11. The molecule has 0 spiro atoms. The van der Waals surface area contributed by atoms with Gasteiger partial charge >= 0.3 is 0 Å². The first-order chi connectivity index (χ1) is 14.1. The Kier molecular flexibility index (Phi) is 6.36. The molecular formula is C24H32BN3O. The summed E-state index contributed by atoms with van der Waals surface area (Å²) in [6.45, 7) is 7.46. The number of piperidine rings is 1. The van der Waals surface area contributed by atoms with E-state index in [1.165, 1.54) is 11.1 Å². The third-order valence-electron chi connectivity index (χ3n) is 6.70. The molecule has 2 fully saturated rings. The van der Waals surface area contributed by atoms with Crippen molar-refractivity contribution in [2.24, 2.45) is 0 Å². The van der Waals surface area contributed by atoms with Crippen LogP contribution in [0.25, 0.3) is 0 Å². The highest BCUT2D eigenvalue weighted by atomic mass is 16.1. The van der Waals surface area contributed by atoms with E-state index < -0.39 is 0 Å². The molecule has 29 heavy (non-hydrogen) atoms. The summed E-state index contributed by atoms with van der Waals surface area (Å²) >= 11 is 0. The summed E-state index contributed by atoms with van der Waals surface area (Å²) in [5.74, 6) is 0.218. The van der Waals surface area contributed by atoms with Gasteiger partial charge < -0.3 is 4.90 Å². The van der Waals surface area contributed by atoms with Gasteiger partial charge in [-0.2, -0.15) is 0 Å².